The fourth-order valence-corrected chi connectivity index (χ4v) is 3.33. The van der Waals surface area contributed by atoms with E-state index < -0.39 is 11.7 Å². The van der Waals surface area contributed by atoms with E-state index in [2.05, 4.69) is 14.8 Å². The number of pyridine rings is 1. The Labute approximate surface area is 163 Å². The number of aromatic nitrogens is 3. The molecular formula is C18H17F3N6S. The third kappa shape index (κ3) is 4.11. The van der Waals surface area contributed by atoms with E-state index in [4.69, 9.17) is 11.1 Å². The van der Waals surface area contributed by atoms with Gasteiger partial charge in [0.05, 0.1) is 16.7 Å². The lowest BCUT2D eigenvalue weighted by Crippen LogP contribution is -2.08. The molecule has 10 heteroatoms. The van der Waals surface area contributed by atoms with Crippen molar-refractivity contribution < 1.29 is 13.2 Å². The number of benzene rings is 1. The third-order valence-corrected chi connectivity index (χ3v) is 4.77. The van der Waals surface area contributed by atoms with Crippen molar-refractivity contribution in [3.8, 4) is 11.1 Å². The summed E-state index contributed by atoms with van der Waals surface area (Å²) < 4.78 is 44.3. The molecule has 2 aromatic heterocycles. The predicted molar refractivity (Wildman–Crippen MR) is 104 cm³/mol. The summed E-state index contributed by atoms with van der Waals surface area (Å²) in [4.78, 5) is 5.30. The number of halogens is 3. The summed E-state index contributed by atoms with van der Waals surface area (Å²) >= 11 is 1.32. The van der Waals surface area contributed by atoms with Crippen LogP contribution in [0, 0.1) is 12.3 Å². The second-order valence-electron chi connectivity index (χ2n) is 6.05. The van der Waals surface area contributed by atoms with Gasteiger partial charge in [-0.2, -0.15) is 18.3 Å². The Hall–Kier alpha value is -3.01. The highest BCUT2D eigenvalue weighted by Gasteiger charge is 2.32. The molecule has 146 valence electrons. The smallest absolute Gasteiger partial charge is 0.398 e. The van der Waals surface area contributed by atoms with Crippen LogP contribution in [0.5, 0.6) is 0 Å². The maximum Gasteiger partial charge on any atom is 0.416 e. The topological polar surface area (TPSA) is 92.6 Å². The van der Waals surface area contributed by atoms with Crippen molar-refractivity contribution in [2.24, 2.45) is 7.05 Å². The molecule has 28 heavy (non-hydrogen) atoms. The van der Waals surface area contributed by atoms with Gasteiger partial charge in [-0.1, -0.05) is 0 Å². The minimum absolute atomic E-state index is 0.103. The van der Waals surface area contributed by atoms with Crippen molar-refractivity contribution in [3.05, 3.63) is 53.5 Å². The quantitative estimate of drug-likeness (QED) is 0.329. The van der Waals surface area contributed by atoms with E-state index in [-0.39, 0.29) is 16.8 Å². The van der Waals surface area contributed by atoms with Crippen molar-refractivity contribution in [2.75, 3.05) is 10.5 Å². The van der Waals surface area contributed by atoms with Gasteiger partial charge in [-0.15, -0.1) is 0 Å². The van der Waals surface area contributed by atoms with E-state index in [0.29, 0.717) is 17.1 Å². The summed E-state index contributed by atoms with van der Waals surface area (Å²) in [6, 6.07) is 5.16. The largest absolute Gasteiger partial charge is 0.416 e. The van der Waals surface area contributed by atoms with Crippen molar-refractivity contribution in [2.45, 2.75) is 18.0 Å². The zero-order valence-electron chi connectivity index (χ0n) is 15.0. The molecular weight excluding hydrogens is 389 g/mol. The molecule has 0 saturated carbocycles. The zero-order valence-corrected chi connectivity index (χ0v) is 15.8. The summed E-state index contributed by atoms with van der Waals surface area (Å²) in [5, 5.41) is 11.6. The molecule has 0 aliphatic rings. The number of alkyl halides is 3. The van der Waals surface area contributed by atoms with E-state index in [9.17, 15) is 13.2 Å². The van der Waals surface area contributed by atoms with E-state index in [1.165, 1.54) is 11.9 Å². The van der Waals surface area contributed by atoms with E-state index >= 15 is 0 Å². The van der Waals surface area contributed by atoms with Gasteiger partial charge in [0.25, 0.3) is 0 Å². The van der Waals surface area contributed by atoms with Gasteiger partial charge in [0.1, 0.15) is 5.82 Å². The first kappa shape index (κ1) is 19.7. The van der Waals surface area contributed by atoms with Gasteiger partial charge in [-0.25, -0.2) is 4.98 Å². The van der Waals surface area contributed by atoms with Crippen LogP contribution in [-0.4, -0.2) is 21.0 Å². The van der Waals surface area contributed by atoms with Crippen LogP contribution in [0.4, 0.5) is 24.7 Å². The zero-order chi connectivity index (χ0) is 20.5. The number of nitrogens with one attached hydrogen (secondary N) is 2. The van der Waals surface area contributed by atoms with Gasteiger partial charge in [0.15, 0.2) is 0 Å². The molecule has 0 amide bonds. The van der Waals surface area contributed by atoms with Crippen LogP contribution in [-0.2, 0) is 13.2 Å². The van der Waals surface area contributed by atoms with Crippen LogP contribution >= 0.6 is 11.9 Å². The van der Waals surface area contributed by atoms with Crippen molar-refractivity contribution in [1.29, 1.82) is 5.41 Å². The highest BCUT2D eigenvalue weighted by atomic mass is 32.2. The number of rotatable bonds is 5. The number of nitrogens with zero attached hydrogens (tertiary/aromatic N) is 3. The Balaban J connectivity index is 1.95. The molecule has 3 rings (SSSR count). The lowest BCUT2D eigenvalue weighted by atomic mass is 9.95. The van der Waals surface area contributed by atoms with Crippen molar-refractivity contribution in [3.63, 3.8) is 0 Å². The molecule has 1 aromatic carbocycles. The maximum atomic E-state index is 13.2. The van der Waals surface area contributed by atoms with Gasteiger partial charge in [0.2, 0.25) is 0 Å². The van der Waals surface area contributed by atoms with Crippen LogP contribution in [0.1, 0.15) is 16.8 Å². The average molecular weight is 406 g/mol. The summed E-state index contributed by atoms with van der Waals surface area (Å²) in [6.07, 6.45) is -0.0530. The van der Waals surface area contributed by atoms with Gasteiger partial charge in [-0.05, 0) is 48.7 Å². The normalized spacial score (nSPS) is 11.5. The first-order valence-corrected chi connectivity index (χ1v) is 8.91. The summed E-state index contributed by atoms with van der Waals surface area (Å²) in [5.41, 5.74) is 6.24. The molecule has 0 saturated heterocycles. The minimum Gasteiger partial charge on any atom is -0.398 e. The average Bonchev–Trinajstić information content (AvgIpc) is 3.04. The van der Waals surface area contributed by atoms with E-state index in [0.717, 1.165) is 23.2 Å². The molecule has 0 spiro atoms. The molecule has 0 radical (unpaired) electrons. The molecule has 0 atom stereocenters. The molecule has 6 nitrogen and oxygen atoms in total. The summed E-state index contributed by atoms with van der Waals surface area (Å²) in [7, 11) is 1.81. The van der Waals surface area contributed by atoms with Gasteiger partial charge >= 0.3 is 6.18 Å². The van der Waals surface area contributed by atoms with Crippen LogP contribution < -0.4 is 10.5 Å². The second-order valence-corrected chi connectivity index (χ2v) is 6.93. The van der Waals surface area contributed by atoms with Gasteiger partial charge < -0.3 is 15.9 Å². The van der Waals surface area contributed by atoms with E-state index in [1.54, 1.807) is 29.9 Å². The first-order chi connectivity index (χ1) is 13.2. The Kier molecular flexibility index (Phi) is 5.32. The molecule has 0 aliphatic carbocycles. The number of hydrogen-bond donors (Lipinski definition) is 3. The molecule has 3 aromatic rings. The molecule has 0 aliphatic heterocycles. The fraction of sp³-hybridized carbons (Fsp3) is 0.167. The number of nitrogen functional groups attached to an aromatic ring is 1. The second kappa shape index (κ2) is 7.55. The Morgan fingerprint density at radius 3 is 2.57 bits per heavy atom. The van der Waals surface area contributed by atoms with Crippen LogP contribution in [0.2, 0.25) is 0 Å². The third-order valence-electron chi connectivity index (χ3n) is 4.01. The molecule has 0 fully saturated rings. The Bertz CT molecular complexity index is 1030. The SMILES string of the molecule is Cc1nc(NSc2cnn(C)c2)ccc1-c1cc(C(F)(F)F)cc(N)c1C=N. The fourth-order valence-electron chi connectivity index (χ4n) is 2.69. The van der Waals surface area contributed by atoms with Crippen LogP contribution in [0.3, 0.4) is 0 Å². The van der Waals surface area contributed by atoms with Crippen LogP contribution in [0.15, 0.2) is 41.6 Å². The molecule has 2 heterocycles. The number of aryl methyl sites for hydroxylation is 2. The number of anilines is 2. The summed E-state index contributed by atoms with van der Waals surface area (Å²) in [6.45, 7) is 1.69. The monoisotopic (exact) mass is 406 g/mol. The molecule has 0 unspecified atom stereocenters. The standard InChI is InChI=1S/C18H17F3N6S/c1-10-13(3-4-17(25-10)26-28-12-8-24-27(2)9-12)14-5-11(18(19,20)21)6-16(23)15(14)7-22/h3-9,22H,23H2,1-2H3,(H,25,26). The number of hydrogen-bond acceptors (Lipinski definition) is 6. The lowest BCUT2D eigenvalue weighted by Gasteiger charge is -2.16. The van der Waals surface area contributed by atoms with Gasteiger partial charge in [0, 0.05) is 42.0 Å². The Morgan fingerprint density at radius 2 is 2.00 bits per heavy atom. The van der Waals surface area contributed by atoms with Gasteiger partial charge in [-0.3, -0.25) is 4.68 Å². The highest BCUT2D eigenvalue weighted by molar-refractivity contribution is 8.00. The maximum absolute atomic E-state index is 13.2. The van der Waals surface area contributed by atoms with E-state index in [1.807, 2.05) is 13.2 Å². The predicted octanol–water partition coefficient (Wildman–Crippen LogP) is 4.51. The number of nitrogens with two attached hydrogens (primary N) is 1. The highest BCUT2D eigenvalue weighted by Crippen LogP contribution is 2.37. The van der Waals surface area contributed by atoms with Crippen molar-refractivity contribution >= 4 is 29.7 Å². The van der Waals surface area contributed by atoms with Crippen LogP contribution in [0.25, 0.3) is 11.1 Å². The minimum atomic E-state index is -4.54. The lowest BCUT2D eigenvalue weighted by molar-refractivity contribution is -0.137. The molecule has 4 N–H and O–H groups in total. The van der Waals surface area contributed by atoms with Crippen molar-refractivity contribution in [1.82, 2.24) is 14.8 Å². The molecule has 0 bridgehead atoms. The summed E-state index contributed by atoms with van der Waals surface area (Å²) in [5.74, 6) is 0.548. The Morgan fingerprint density at radius 1 is 1.25 bits per heavy atom. The first-order valence-electron chi connectivity index (χ1n) is 8.09.